The van der Waals surface area contributed by atoms with Crippen molar-refractivity contribution in [2.24, 2.45) is 0 Å². The van der Waals surface area contributed by atoms with E-state index >= 15 is 0 Å². The maximum absolute atomic E-state index is 10.6. The molecule has 3 aromatic carbocycles. The van der Waals surface area contributed by atoms with Crippen LogP contribution in [0.25, 0.3) is 32.7 Å². The number of hydroxylamine groups is 3. The number of hydrogen-bond acceptors (Lipinski definition) is 12. The van der Waals surface area contributed by atoms with Crippen LogP contribution in [0.1, 0.15) is 16.7 Å². The van der Waals surface area contributed by atoms with E-state index in [9.17, 15) is 29.7 Å². The molecule has 49 heavy (non-hydrogen) atoms. The summed E-state index contributed by atoms with van der Waals surface area (Å²) in [6.07, 6.45) is 5.71. The fourth-order valence-corrected chi connectivity index (χ4v) is 5.11. The maximum Gasteiger partial charge on any atom is 3.00 e. The summed E-state index contributed by atoms with van der Waals surface area (Å²) in [5, 5.41) is 60.9. The second kappa shape index (κ2) is 18.5. The quantitative estimate of drug-likeness (QED) is 0.0723. The van der Waals surface area contributed by atoms with Crippen LogP contribution in [0.4, 0.5) is 0 Å². The van der Waals surface area contributed by atoms with Crippen LogP contribution < -0.4 is 31.8 Å². The molecular formula is C33H33CrN6O9. The molecule has 0 aliphatic rings. The molecular weight excluding hydrogens is 676 g/mol. The molecule has 0 unspecified atom stereocenters. The van der Waals surface area contributed by atoms with Gasteiger partial charge >= 0.3 is 17.4 Å². The molecule has 0 saturated heterocycles. The number of carboxylic acids is 3. The number of aliphatic carboxylic acids is 3. The van der Waals surface area contributed by atoms with Gasteiger partial charge in [0.2, 0.25) is 0 Å². The van der Waals surface area contributed by atoms with Crippen molar-refractivity contribution in [1.29, 1.82) is 0 Å². The number of carbonyl (C=O) groups excluding carboxylic acids is 3. The summed E-state index contributed by atoms with van der Waals surface area (Å²) in [4.78, 5) is 41.0. The average molecular weight is 710 g/mol. The van der Waals surface area contributed by atoms with Gasteiger partial charge in [0, 0.05) is 51.3 Å². The van der Waals surface area contributed by atoms with E-state index in [4.69, 9.17) is 15.6 Å². The topological polar surface area (TPSA) is 265 Å². The van der Waals surface area contributed by atoms with Crippen molar-refractivity contribution >= 4 is 50.6 Å². The fraction of sp³-hybridized carbons (Fsp3) is 0.182. The van der Waals surface area contributed by atoms with Crippen LogP contribution in [-0.4, -0.2) is 66.6 Å². The van der Waals surface area contributed by atoms with Crippen LogP contribution in [0.5, 0.6) is 0 Å². The van der Waals surface area contributed by atoms with E-state index < -0.39 is 36.0 Å². The van der Waals surface area contributed by atoms with Gasteiger partial charge in [-0.2, -0.15) is 16.4 Å². The molecule has 0 aliphatic heterocycles. The van der Waals surface area contributed by atoms with Crippen molar-refractivity contribution in [3.63, 3.8) is 0 Å². The number of aromatic nitrogens is 3. The van der Waals surface area contributed by atoms with Gasteiger partial charge in [0.1, 0.15) is 0 Å². The summed E-state index contributed by atoms with van der Waals surface area (Å²) in [7, 11) is 0. The number of carbonyl (C=O) groups is 3. The molecule has 1 radical (unpaired) electrons. The molecule has 6 aromatic rings. The number of carboxylic acid groups (broad SMARTS) is 3. The van der Waals surface area contributed by atoms with Crippen molar-refractivity contribution in [2.45, 2.75) is 37.4 Å². The zero-order valence-corrected chi connectivity index (χ0v) is 27.0. The summed E-state index contributed by atoms with van der Waals surface area (Å²) in [6, 6.07) is 19.4. The van der Waals surface area contributed by atoms with Crippen molar-refractivity contribution in [3.05, 3.63) is 108 Å². The number of aromatic amines is 3. The minimum absolute atomic E-state index is 0. The van der Waals surface area contributed by atoms with Crippen LogP contribution in [-0.2, 0) is 51.0 Å². The van der Waals surface area contributed by atoms with Crippen molar-refractivity contribution in [3.8, 4) is 0 Å². The third-order valence-corrected chi connectivity index (χ3v) is 7.62. The molecule has 3 heterocycles. The second-order valence-corrected chi connectivity index (χ2v) is 10.7. The van der Waals surface area contributed by atoms with Gasteiger partial charge in [-0.1, -0.05) is 54.6 Å². The molecule has 0 fully saturated rings. The van der Waals surface area contributed by atoms with E-state index in [0.717, 1.165) is 49.4 Å². The summed E-state index contributed by atoms with van der Waals surface area (Å²) < 4.78 is 0. The van der Waals surface area contributed by atoms with Crippen LogP contribution in [0.3, 0.4) is 0 Å². The van der Waals surface area contributed by atoms with Crippen molar-refractivity contribution in [2.75, 3.05) is 0 Å². The van der Waals surface area contributed by atoms with Gasteiger partial charge in [-0.3, -0.25) is 0 Å². The number of fused-ring (bicyclic) bond motifs is 3. The first kappa shape index (κ1) is 38.4. The van der Waals surface area contributed by atoms with E-state index in [0.29, 0.717) is 0 Å². The molecule has 6 rings (SSSR count). The van der Waals surface area contributed by atoms with Gasteiger partial charge in [-0.25, -0.2) is 0 Å². The number of benzene rings is 3. The third kappa shape index (κ3) is 10.00. The van der Waals surface area contributed by atoms with E-state index in [1.165, 1.54) is 0 Å². The number of nitrogens with one attached hydrogen (secondary N) is 6. The summed E-state index contributed by atoms with van der Waals surface area (Å²) >= 11 is 0. The zero-order chi connectivity index (χ0) is 34.6. The predicted molar refractivity (Wildman–Crippen MR) is 167 cm³/mol. The third-order valence-electron chi connectivity index (χ3n) is 7.62. The molecule has 255 valence electrons. The monoisotopic (exact) mass is 709 g/mol. The van der Waals surface area contributed by atoms with Gasteiger partial charge < -0.3 is 60.3 Å². The molecule has 0 spiro atoms. The number of rotatable bonds is 12. The molecule has 0 bridgehead atoms. The predicted octanol–water partition coefficient (Wildman–Crippen LogP) is -0.579. The molecule has 16 heteroatoms. The molecule has 3 aromatic heterocycles. The summed E-state index contributed by atoms with van der Waals surface area (Å²) in [5.74, 6) is -3.98. The van der Waals surface area contributed by atoms with Gasteiger partial charge in [-0.15, -0.1) is 0 Å². The molecule has 0 aliphatic carbocycles. The average Bonchev–Trinajstić information content (AvgIpc) is 3.82. The van der Waals surface area contributed by atoms with E-state index in [1.54, 1.807) is 35.0 Å². The minimum atomic E-state index is -1.33. The Bertz CT molecular complexity index is 1750. The zero-order valence-electron chi connectivity index (χ0n) is 25.7. The van der Waals surface area contributed by atoms with E-state index in [2.05, 4.69) is 15.0 Å². The Morgan fingerprint density at radius 3 is 0.980 bits per heavy atom. The molecule has 15 nitrogen and oxygen atoms in total. The van der Waals surface area contributed by atoms with Gasteiger partial charge in [0.05, 0.1) is 36.0 Å². The number of H-pyrrole nitrogens is 3. The van der Waals surface area contributed by atoms with Crippen LogP contribution in [0.15, 0.2) is 91.4 Å². The van der Waals surface area contributed by atoms with Crippen molar-refractivity contribution < 1.29 is 62.7 Å². The van der Waals surface area contributed by atoms with Gasteiger partial charge in [0.15, 0.2) is 0 Å². The van der Waals surface area contributed by atoms with E-state index in [-0.39, 0.29) is 36.6 Å². The summed E-state index contributed by atoms with van der Waals surface area (Å²) in [5.41, 5.74) is 10.5. The minimum Gasteiger partial charge on any atom is -0.548 e. The van der Waals surface area contributed by atoms with Crippen LogP contribution in [0.2, 0.25) is 0 Å². The molecule has 0 amide bonds. The normalized spacial score (nSPS) is 12.6. The van der Waals surface area contributed by atoms with Crippen molar-refractivity contribution in [1.82, 2.24) is 31.4 Å². The Balaban J connectivity index is 0.000000197. The largest absolute Gasteiger partial charge is 3.00 e. The Morgan fingerprint density at radius 2 is 0.755 bits per heavy atom. The Labute approximate surface area is 289 Å². The number of hydrogen-bond donors (Lipinski definition) is 9. The smallest absolute Gasteiger partial charge is 0.548 e. The van der Waals surface area contributed by atoms with Crippen LogP contribution >= 0.6 is 0 Å². The Morgan fingerprint density at radius 1 is 0.510 bits per heavy atom. The summed E-state index contributed by atoms with van der Waals surface area (Å²) in [6.45, 7) is 0. The molecule has 9 N–H and O–H groups in total. The Kier molecular flexibility index (Phi) is 14.5. The fourth-order valence-electron chi connectivity index (χ4n) is 5.11. The van der Waals surface area contributed by atoms with Gasteiger partial charge in [-0.05, 0) is 54.2 Å². The molecule has 0 saturated carbocycles. The first-order valence-corrected chi connectivity index (χ1v) is 14.6. The molecule has 3 atom stereocenters. The van der Waals surface area contributed by atoms with Gasteiger partial charge in [0.25, 0.3) is 0 Å². The SMILES string of the molecule is O=C([O-])[C@H](Cc1c[nH]c2ccccc12)NO.O=C([O-])[C@H](Cc1c[nH]c2ccccc12)NO.O=C([O-])[C@H](Cc1c[nH]c2ccccc12)NO.[Cr+3]. The number of para-hydroxylation sites is 3. The van der Waals surface area contributed by atoms with E-state index in [1.807, 2.05) is 72.8 Å². The standard InChI is InChI=1S/3C11H12N2O3.Cr/c3*14-11(15)10(13-16)5-7-6-12-9-4-2-1-3-8(7)9;/h3*1-4,6,10,12-13,16H,5H2,(H,14,15);/q;;;+3/p-3/t3*10-;/m000./s1. The van der Waals surface area contributed by atoms with Crippen LogP contribution in [0, 0.1) is 0 Å². The first-order valence-electron chi connectivity index (χ1n) is 14.6. The second-order valence-electron chi connectivity index (χ2n) is 10.7. The first-order chi connectivity index (χ1) is 23.2. The maximum atomic E-state index is 10.6. The Hall–Kier alpha value is -5.02.